The lowest BCUT2D eigenvalue weighted by atomic mass is 10.0. The molecule has 1 aromatic heterocycles. The van der Waals surface area contributed by atoms with Crippen LogP contribution in [0.25, 0.3) is 0 Å². The van der Waals surface area contributed by atoms with Gasteiger partial charge in [0.05, 0.1) is 20.3 Å². The minimum Gasteiger partial charge on any atom is -0.481 e. The first-order valence-corrected chi connectivity index (χ1v) is 10.1. The molecule has 4 rings (SSSR count). The first-order chi connectivity index (χ1) is 13.6. The Morgan fingerprint density at radius 1 is 1.18 bits per heavy atom. The van der Waals surface area contributed by atoms with Crippen LogP contribution in [0.4, 0.5) is 14.6 Å². The summed E-state index contributed by atoms with van der Waals surface area (Å²) in [5.41, 5.74) is 0.272. The number of benzene rings is 1. The third-order valence-electron chi connectivity index (χ3n) is 4.93. The largest absolute Gasteiger partial charge is 0.481 e. The number of rotatable bonds is 5. The Morgan fingerprint density at radius 2 is 1.93 bits per heavy atom. The maximum Gasteiger partial charge on any atom is 0.219 e. The lowest BCUT2D eigenvalue weighted by Crippen LogP contribution is -2.45. The Morgan fingerprint density at radius 3 is 2.64 bits per heavy atom. The molecule has 0 bridgehead atoms. The summed E-state index contributed by atoms with van der Waals surface area (Å²) < 4.78 is 44.1. The third kappa shape index (κ3) is 4.06. The van der Waals surface area contributed by atoms with Crippen LogP contribution in [-0.2, 0) is 15.2 Å². The smallest absolute Gasteiger partial charge is 0.219 e. The van der Waals surface area contributed by atoms with Crippen LogP contribution in [0.5, 0.6) is 5.88 Å². The highest BCUT2D eigenvalue weighted by molar-refractivity contribution is 7.98. The summed E-state index contributed by atoms with van der Waals surface area (Å²) in [5, 5.41) is 0.451. The molecule has 0 saturated carbocycles. The molecule has 150 valence electrons. The molecule has 0 N–H and O–H groups in total. The normalized spacial score (nSPS) is 18.6. The van der Waals surface area contributed by atoms with Crippen LogP contribution >= 0.6 is 11.8 Å². The van der Waals surface area contributed by atoms with Crippen molar-refractivity contribution in [2.75, 3.05) is 38.3 Å². The van der Waals surface area contributed by atoms with Crippen molar-refractivity contribution in [3.63, 3.8) is 0 Å². The van der Waals surface area contributed by atoms with Crippen LogP contribution < -0.4 is 9.64 Å². The molecule has 1 spiro atoms. The number of hydrogen-bond donors (Lipinski definition) is 0. The van der Waals surface area contributed by atoms with E-state index in [1.54, 1.807) is 12.1 Å². The maximum atomic E-state index is 13.9. The monoisotopic (exact) mass is 409 g/mol. The van der Waals surface area contributed by atoms with E-state index in [0.29, 0.717) is 24.3 Å². The van der Waals surface area contributed by atoms with Gasteiger partial charge in [-0.25, -0.2) is 13.8 Å². The van der Waals surface area contributed by atoms with E-state index in [2.05, 4.69) is 14.9 Å². The van der Waals surface area contributed by atoms with Crippen molar-refractivity contribution in [3.8, 4) is 5.88 Å². The van der Waals surface area contributed by atoms with Crippen molar-refractivity contribution in [1.82, 2.24) is 9.97 Å². The third-order valence-corrected chi connectivity index (χ3v) is 5.82. The predicted octanol–water partition coefficient (Wildman–Crippen LogP) is 3.40. The lowest BCUT2D eigenvalue weighted by molar-refractivity contribution is -0.169. The molecule has 1 aromatic carbocycles. The number of halogens is 2. The highest BCUT2D eigenvalue weighted by atomic mass is 32.2. The van der Waals surface area contributed by atoms with Crippen LogP contribution in [0.1, 0.15) is 18.4 Å². The van der Waals surface area contributed by atoms with E-state index in [4.69, 9.17) is 14.2 Å². The summed E-state index contributed by atoms with van der Waals surface area (Å²) in [5.74, 6) is -0.760. The molecule has 2 aliphatic rings. The second-order valence-corrected chi connectivity index (χ2v) is 7.59. The number of methoxy groups -OCH3 is 1. The average molecular weight is 409 g/mol. The average Bonchev–Trinajstić information content (AvgIpc) is 3.17. The van der Waals surface area contributed by atoms with Crippen LogP contribution in [0.3, 0.4) is 0 Å². The van der Waals surface area contributed by atoms with Gasteiger partial charge in [-0.1, -0.05) is 23.9 Å². The van der Waals surface area contributed by atoms with Gasteiger partial charge in [0.25, 0.3) is 0 Å². The zero-order chi connectivity index (χ0) is 19.6. The van der Waals surface area contributed by atoms with E-state index in [0.717, 1.165) is 37.8 Å². The first kappa shape index (κ1) is 19.4. The van der Waals surface area contributed by atoms with Gasteiger partial charge in [-0.15, -0.1) is 0 Å². The molecule has 3 heterocycles. The second kappa shape index (κ2) is 8.18. The Balaban J connectivity index is 1.47. The first-order valence-electron chi connectivity index (χ1n) is 9.10. The number of aromatic nitrogens is 2. The summed E-state index contributed by atoms with van der Waals surface area (Å²) >= 11 is 1.24. The Bertz CT molecular complexity index is 839. The number of anilines is 1. The maximum absolute atomic E-state index is 13.9. The van der Waals surface area contributed by atoms with Gasteiger partial charge in [-0.3, -0.25) is 0 Å². The molecule has 28 heavy (non-hydrogen) atoms. The molecule has 9 heteroatoms. The van der Waals surface area contributed by atoms with Gasteiger partial charge in [-0.2, -0.15) is 4.98 Å². The summed E-state index contributed by atoms with van der Waals surface area (Å²) in [6.07, 6.45) is 1.52. The Labute approximate surface area is 166 Å². The van der Waals surface area contributed by atoms with Crippen molar-refractivity contribution >= 4 is 17.6 Å². The quantitative estimate of drug-likeness (QED) is 0.554. The highest BCUT2D eigenvalue weighted by Crippen LogP contribution is 2.34. The number of thioether (sulfide) groups is 1. The van der Waals surface area contributed by atoms with Crippen LogP contribution in [0.2, 0.25) is 0 Å². The molecule has 2 aromatic rings. The fraction of sp³-hybridized carbons (Fsp3) is 0.474. The molecule has 2 saturated heterocycles. The molecule has 2 fully saturated rings. The fourth-order valence-electron chi connectivity index (χ4n) is 3.39. The van der Waals surface area contributed by atoms with Gasteiger partial charge in [0, 0.05) is 43.3 Å². The van der Waals surface area contributed by atoms with Crippen molar-refractivity contribution in [2.24, 2.45) is 0 Å². The summed E-state index contributed by atoms with van der Waals surface area (Å²) in [6, 6.07) is 5.92. The number of nitrogens with zero attached hydrogens (tertiary/aromatic N) is 3. The van der Waals surface area contributed by atoms with Crippen molar-refractivity contribution in [3.05, 3.63) is 41.5 Å². The van der Waals surface area contributed by atoms with Crippen LogP contribution in [0.15, 0.2) is 29.4 Å². The van der Waals surface area contributed by atoms with Gasteiger partial charge >= 0.3 is 0 Å². The molecular formula is C19H21F2N3O3S. The Hall–Kier alpha value is -1.97. The van der Waals surface area contributed by atoms with E-state index in [9.17, 15) is 8.78 Å². The topological polar surface area (TPSA) is 56.7 Å². The van der Waals surface area contributed by atoms with E-state index in [-0.39, 0.29) is 11.3 Å². The predicted molar refractivity (Wildman–Crippen MR) is 101 cm³/mol. The summed E-state index contributed by atoms with van der Waals surface area (Å²) in [4.78, 5) is 11.0. The van der Waals surface area contributed by atoms with Gasteiger partial charge in [0.15, 0.2) is 22.6 Å². The molecule has 2 aliphatic heterocycles. The molecule has 0 atom stereocenters. The number of ether oxygens (including phenoxy) is 3. The fourth-order valence-corrected chi connectivity index (χ4v) is 4.21. The van der Waals surface area contributed by atoms with Crippen molar-refractivity contribution < 1.29 is 23.0 Å². The van der Waals surface area contributed by atoms with E-state index < -0.39 is 17.4 Å². The zero-order valence-corrected chi connectivity index (χ0v) is 16.3. The van der Waals surface area contributed by atoms with Crippen molar-refractivity contribution in [2.45, 2.75) is 29.5 Å². The van der Waals surface area contributed by atoms with Gasteiger partial charge in [0.1, 0.15) is 5.82 Å². The van der Waals surface area contributed by atoms with E-state index in [1.807, 2.05) is 0 Å². The zero-order valence-electron chi connectivity index (χ0n) is 15.5. The molecule has 0 radical (unpaired) electrons. The van der Waals surface area contributed by atoms with Gasteiger partial charge in [0.2, 0.25) is 5.88 Å². The molecular weight excluding hydrogens is 388 g/mol. The van der Waals surface area contributed by atoms with E-state index >= 15 is 0 Å². The van der Waals surface area contributed by atoms with Crippen LogP contribution in [0, 0.1) is 11.6 Å². The molecule has 0 amide bonds. The van der Waals surface area contributed by atoms with Gasteiger partial charge < -0.3 is 19.1 Å². The number of piperidine rings is 1. The molecule has 0 unspecified atom stereocenters. The highest BCUT2D eigenvalue weighted by Gasteiger charge is 2.40. The minimum absolute atomic E-state index is 0.223. The SMILES string of the molecule is COc1cc(N2CCC3(CC2)OCCO3)nc(SCc2cccc(F)c2F)n1. The van der Waals surface area contributed by atoms with E-state index in [1.165, 1.54) is 24.9 Å². The van der Waals surface area contributed by atoms with Crippen LogP contribution in [-0.4, -0.2) is 49.2 Å². The van der Waals surface area contributed by atoms with Crippen molar-refractivity contribution in [1.29, 1.82) is 0 Å². The standard InChI is InChI=1S/C19H21F2N3O3S/c1-25-16-11-15(24-7-5-19(6-8-24)26-9-10-27-19)22-18(23-16)28-12-13-3-2-4-14(20)17(13)21/h2-4,11H,5-10,12H2,1H3. The Kier molecular flexibility index (Phi) is 5.65. The number of hydrogen-bond acceptors (Lipinski definition) is 7. The second-order valence-electron chi connectivity index (χ2n) is 6.65. The minimum atomic E-state index is -0.857. The van der Waals surface area contributed by atoms with Gasteiger partial charge in [-0.05, 0) is 6.07 Å². The molecule has 6 nitrogen and oxygen atoms in total. The lowest BCUT2D eigenvalue weighted by Gasteiger charge is -2.38. The summed E-state index contributed by atoms with van der Waals surface area (Å²) in [6.45, 7) is 2.75. The summed E-state index contributed by atoms with van der Waals surface area (Å²) in [7, 11) is 1.54. The molecule has 0 aliphatic carbocycles.